The number of nitrogens with one attached hydrogen (secondary N) is 1. The second-order valence-corrected chi connectivity index (χ2v) is 6.84. The summed E-state index contributed by atoms with van der Waals surface area (Å²) in [7, 11) is 0. The summed E-state index contributed by atoms with van der Waals surface area (Å²) >= 11 is 0. The number of aliphatic carboxylic acids is 1. The van der Waals surface area contributed by atoms with Crippen molar-refractivity contribution in [3.8, 4) is 0 Å². The number of anilines is 1. The molecule has 2 aromatic carbocycles. The molecule has 1 amide bonds. The summed E-state index contributed by atoms with van der Waals surface area (Å²) in [5.41, 5.74) is 1.64. The number of benzene rings is 2. The molecule has 1 aliphatic rings. The number of carboxylic acid groups (broad SMARTS) is 1. The first-order valence-corrected chi connectivity index (χ1v) is 8.88. The van der Waals surface area contributed by atoms with E-state index in [1.165, 1.54) is 18.2 Å². The quantitative estimate of drug-likeness (QED) is 0.844. The van der Waals surface area contributed by atoms with Crippen LogP contribution in [-0.4, -0.2) is 30.2 Å². The fourth-order valence-corrected chi connectivity index (χ4v) is 3.63. The summed E-state index contributed by atoms with van der Waals surface area (Å²) in [5, 5.41) is 11.6. The summed E-state index contributed by atoms with van der Waals surface area (Å²) in [6.45, 7) is 2.93. The fraction of sp³-hybridized carbons (Fsp3) is 0.333. The Morgan fingerprint density at radius 1 is 1.19 bits per heavy atom. The van der Waals surface area contributed by atoms with Crippen LogP contribution in [0.3, 0.4) is 0 Å². The molecule has 0 unspecified atom stereocenters. The molecule has 2 aromatic rings. The standard InChI is InChI=1S/C21H22FNO4/c1-14-4-2-3-5-17(14)21(8-10-27-11-9-21)20(26)23-16-7-6-15(12-19(24)25)18(22)13-16/h2-7,13H,8-12H2,1H3,(H,23,26)(H,24,25). The lowest BCUT2D eigenvalue weighted by molar-refractivity contribution is -0.136. The van der Waals surface area contributed by atoms with Crippen molar-refractivity contribution in [1.82, 2.24) is 0 Å². The highest BCUT2D eigenvalue weighted by Gasteiger charge is 2.42. The highest BCUT2D eigenvalue weighted by molar-refractivity contribution is 5.99. The Morgan fingerprint density at radius 2 is 1.89 bits per heavy atom. The van der Waals surface area contributed by atoms with Crippen LogP contribution in [0.2, 0.25) is 0 Å². The van der Waals surface area contributed by atoms with Gasteiger partial charge in [0.15, 0.2) is 0 Å². The minimum atomic E-state index is -1.11. The number of carbonyl (C=O) groups excluding carboxylic acids is 1. The lowest BCUT2D eigenvalue weighted by atomic mass is 9.71. The van der Waals surface area contributed by atoms with Crippen molar-refractivity contribution >= 4 is 17.6 Å². The zero-order valence-corrected chi connectivity index (χ0v) is 15.1. The normalized spacial score (nSPS) is 15.9. The molecule has 5 nitrogen and oxygen atoms in total. The van der Waals surface area contributed by atoms with Gasteiger partial charge in [0.1, 0.15) is 5.82 Å². The lowest BCUT2D eigenvalue weighted by Gasteiger charge is -2.37. The summed E-state index contributed by atoms with van der Waals surface area (Å²) < 4.78 is 19.6. The first kappa shape index (κ1) is 19.0. The second kappa shape index (κ2) is 7.88. The van der Waals surface area contributed by atoms with Crippen molar-refractivity contribution in [1.29, 1.82) is 0 Å². The first-order chi connectivity index (χ1) is 12.9. The van der Waals surface area contributed by atoms with Crippen LogP contribution in [0.4, 0.5) is 10.1 Å². The molecule has 0 aliphatic carbocycles. The molecule has 2 N–H and O–H groups in total. The average Bonchev–Trinajstić information content (AvgIpc) is 2.64. The van der Waals surface area contributed by atoms with E-state index >= 15 is 0 Å². The van der Waals surface area contributed by atoms with E-state index < -0.39 is 23.6 Å². The van der Waals surface area contributed by atoms with Crippen LogP contribution in [0.15, 0.2) is 42.5 Å². The number of amides is 1. The van der Waals surface area contributed by atoms with Gasteiger partial charge in [0, 0.05) is 18.9 Å². The Bertz CT molecular complexity index is 859. The van der Waals surface area contributed by atoms with Crippen LogP contribution in [0.25, 0.3) is 0 Å². The molecule has 142 valence electrons. The van der Waals surface area contributed by atoms with Crippen LogP contribution < -0.4 is 5.32 Å². The van der Waals surface area contributed by atoms with Crippen molar-refractivity contribution in [2.75, 3.05) is 18.5 Å². The fourth-order valence-electron chi connectivity index (χ4n) is 3.63. The second-order valence-electron chi connectivity index (χ2n) is 6.84. The van der Waals surface area contributed by atoms with Crippen molar-refractivity contribution in [3.63, 3.8) is 0 Å². The van der Waals surface area contributed by atoms with Gasteiger partial charge in [-0.2, -0.15) is 0 Å². The van der Waals surface area contributed by atoms with Crippen LogP contribution >= 0.6 is 0 Å². The van der Waals surface area contributed by atoms with E-state index in [1.54, 1.807) is 0 Å². The van der Waals surface area contributed by atoms with Gasteiger partial charge < -0.3 is 15.2 Å². The predicted molar refractivity (Wildman–Crippen MR) is 99.3 cm³/mol. The number of carboxylic acids is 1. The third-order valence-corrected chi connectivity index (χ3v) is 5.09. The minimum Gasteiger partial charge on any atom is -0.481 e. The largest absolute Gasteiger partial charge is 0.481 e. The molecule has 0 saturated carbocycles. The Kier molecular flexibility index (Phi) is 5.56. The van der Waals surface area contributed by atoms with Gasteiger partial charge in [0.05, 0.1) is 11.8 Å². The first-order valence-electron chi connectivity index (χ1n) is 8.88. The van der Waals surface area contributed by atoms with Crippen LogP contribution in [-0.2, 0) is 26.2 Å². The van der Waals surface area contributed by atoms with Gasteiger partial charge in [0.2, 0.25) is 5.91 Å². The van der Waals surface area contributed by atoms with Crippen LogP contribution in [0.5, 0.6) is 0 Å². The Balaban J connectivity index is 1.89. The van der Waals surface area contributed by atoms with Gasteiger partial charge in [-0.15, -0.1) is 0 Å². The maximum absolute atomic E-state index is 14.2. The molecule has 0 aromatic heterocycles. The number of aryl methyl sites for hydroxylation is 1. The summed E-state index contributed by atoms with van der Waals surface area (Å²) in [6, 6.07) is 11.9. The smallest absolute Gasteiger partial charge is 0.307 e. The van der Waals surface area contributed by atoms with Gasteiger partial charge in [0.25, 0.3) is 0 Å². The van der Waals surface area contributed by atoms with Crippen LogP contribution in [0.1, 0.15) is 29.5 Å². The molecule has 1 saturated heterocycles. The maximum Gasteiger partial charge on any atom is 0.307 e. The maximum atomic E-state index is 14.2. The molecule has 0 radical (unpaired) electrons. The van der Waals surface area contributed by atoms with E-state index in [1.807, 2.05) is 31.2 Å². The van der Waals surface area contributed by atoms with E-state index in [4.69, 9.17) is 9.84 Å². The van der Waals surface area contributed by atoms with Gasteiger partial charge in [-0.05, 0) is 48.6 Å². The number of hydrogen-bond acceptors (Lipinski definition) is 3. The van der Waals surface area contributed by atoms with Crippen molar-refractivity contribution in [2.45, 2.75) is 31.6 Å². The number of ether oxygens (including phenoxy) is 1. The highest BCUT2D eigenvalue weighted by atomic mass is 19.1. The van der Waals surface area contributed by atoms with E-state index in [-0.39, 0.29) is 11.5 Å². The Labute approximate surface area is 157 Å². The van der Waals surface area contributed by atoms with Gasteiger partial charge in [-0.3, -0.25) is 9.59 Å². The summed E-state index contributed by atoms with van der Waals surface area (Å²) in [6.07, 6.45) is 0.692. The number of rotatable bonds is 5. The van der Waals surface area contributed by atoms with E-state index in [0.717, 1.165) is 11.1 Å². The van der Waals surface area contributed by atoms with Crippen molar-refractivity contribution in [3.05, 3.63) is 65.0 Å². The molecule has 0 bridgehead atoms. The molecule has 3 rings (SSSR count). The van der Waals surface area contributed by atoms with E-state index in [0.29, 0.717) is 31.7 Å². The third-order valence-electron chi connectivity index (χ3n) is 5.09. The Morgan fingerprint density at radius 3 is 2.52 bits per heavy atom. The molecule has 1 aliphatic heterocycles. The summed E-state index contributed by atoms with van der Waals surface area (Å²) in [5.74, 6) is -1.95. The molecule has 6 heteroatoms. The minimum absolute atomic E-state index is 0.0835. The van der Waals surface area contributed by atoms with Crippen molar-refractivity contribution in [2.24, 2.45) is 0 Å². The van der Waals surface area contributed by atoms with Crippen molar-refractivity contribution < 1.29 is 23.8 Å². The Hall–Kier alpha value is -2.73. The predicted octanol–water partition coefficient (Wildman–Crippen LogP) is 3.45. The highest BCUT2D eigenvalue weighted by Crippen LogP contribution is 2.38. The molecule has 1 heterocycles. The number of hydrogen-bond donors (Lipinski definition) is 2. The van der Waals surface area contributed by atoms with E-state index in [2.05, 4.69) is 5.32 Å². The third kappa shape index (κ3) is 4.01. The monoisotopic (exact) mass is 371 g/mol. The zero-order valence-electron chi connectivity index (χ0n) is 15.1. The van der Waals surface area contributed by atoms with Gasteiger partial charge >= 0.3 is 5.97 Å². The molecule has 0 atom stereocenters. The average molecular weight is 371 g/mol. The van der Waals surface area contributed by atoms with Crippen LogP contribution in [0, 0.1) is 12.7 Å². The molecule has 27 heavy (non-hydrogen) atoms. The zero-order chi connectivity index (χ0) is 19.4. The van der Waals surface area contributed by atoms with Gasteiger partial charge in [-0.25, -0.2) is 4.39 Å². The topological polar surface area (TPSA) is 75.6 Å². The molecular weight excluding hydrogens is 349 g/mol. The van der Waals surface area contributed by atoms with Gasteiger partial charge in [-0.1, -0.05) is 30.3 Å². The molecule has 1 fully saturated rings. The SMILES string of the molecule is Cc1ccccc1C1(C(=O)Nc2ccc(CC(=O)O)c(F)c2)CCOCC1. The number of carbonyl (C=O) groups is 2. The molecular formula is C21H22FNO4. The van der Waals surface area contributed by atoms with E-state index in [9.17, 15) is 14.0 Å². The number of halogens is 1. The molecule has 0 spiro atoms. The summed E-state index contributed by atoms with van der Waals surface area (Å²) in [4.78, 5) is 24.0. The lowest BCUT2D eigenvalue weighted by Crippen LogP contribution is -2.45.